The summed E-state index contributed by atoms with van der Waals surface area (Å²) in [5.74, 6) is 0.127. The molecule has 5 heteroatoms. The molecule has 0 aromatic heterocycles. The van der Waals surface area contributed by atoms with E-state index in [1.807, 2.05) is 49.4 Å². The van der Waals surface area contributed by atoms with Crippen LogP contribution in [0.3, 0.4) is 0 Å². The Bertz CT molecular complexity index is 838. The standard InChI is InChI=1S/C22H25N3O2/c1-4-24(5-2)19-14-12-17(13-15-19)16-20-21(26)25(6-3)22(27-20)23-18-10-8-7-9-11-18/h7-16H,4-6H2,1-3H3/b20-16+,23-22?. The van der Waals surface area contributed by atoms with E-state index < -0.39 is 0 Å². The summed E-state index contributed by atoms with van der Waals surface area (Å²) < 4.78 is 5.78. The zero-order valence-electron chi connectivity index (χ0n) is 16.1. The van der Waals surface area contributed by atoms with Gasteiger partial charge in [-0.1, -0.05) is 30.3 Å². The van der Waals surface area contributed by atoms with Gasteiger partial charge in [-0.05, 0) is 56.7 Å². The van der Waals surface area contributed by atoms with Crippen molar-refractivity contribution in [3.63, 3.8) is 0 Å². The molecule has 0 aliphatic carbocycles. The number of benzene rings is 2. The minimum absolute atomic E-state index is 0.167. The fourth-order valence-electron chi connectivity index (χ4n) is 3.00. The molecule has 1 heterocycles. The Kier molecular flexibility index (Phi) is 5.91. The number of anilines is 1. The van der Waals surface area contributed by atoms with Crippen molar-refractivity contribution in [1.82, 2.24) is 4.90 Å². The summed E-state index contributed by atoms with van der Waals surface area (Å²) in [4.78, 5) is 20.9. The highest BCUT2D eigenvalue weighted by atomic mass is 16.5. The van der Waals surface area contributed by atoms with Crippen LogP contribution in [0.5, 0.6) is 0 Å². The fourth-order valence-corrected chi connectivity index (χ4v) is 3.00. The Hall–Kier alpha value is -3.08. The van der Waals surface area contributed by atoms with E-state index in [4.69, 9.17) is 4.74 Å². The lowest BCUT2D eigenvalue weighted by Gasteiger charge is -2.20. The van der Waals surface area contributed by atoms with Gasteiger partial charge < -0.3 is 9.64 Å². The fraction of sp³-hybridized carbons (Fsp3) is 0.273. The van der Waals surface area contributed by atoms with Gasteiger partial charge in [0.2, 0.25) is 0 Å². The quantitative estimate of drug-likeness (QED) is 0.713. The lowest BCUT2D eigenvalue weighted by atomic mass is 10.1. The molecule has 0 radical (unpaired) electrons. The second-order valence-electron chi connectivity index (χ2n) is 6.15. The number of rotatable bonds is 6. The number of hydrogen-bond acceptors (Lipinski definition) is 4. The van der Waals surface area contributed by atoms with Gasteiger partial charge in [-0.3, -0.25) is 9.69 Å². The van der Waals surface area contributed by atoms with Gasteiger partial charge in [0.1, 0.15) is 0 Å². The van der Waals surface area contributed by atoms with Gasteiger partial charge in [0, 0.05) is 25.3 Å². The highest BCUT2D eigenvalue weighted by Gasteiger charge is 2.33. The van der Waals surface area contributed by atoms with Crippen LogP contribution in [0.4, 0.5) is 11.4 Å². The molecule has 0 N–H and O–H groups in total. The summed E-state index contributed by atoms with van der Waals surface area (Å²) in [6.07, 6.45) is 1.77. The van der Waals surface area contributed by atoms with Gasteiger partial charge >= 0.3 is 6.02 Å². The predicted molar refractivity (Wildman–Crippen MR) is 110 cm³/mol. The number of amidine groups is 1. The maximum atomic E-state index is 12.7. The summed E-state index contributed by atoms with van der Waals surface area (Å²) >= 11 is 0. The molecule has 2 aromatic carbocycles. The lowest BCUT2D eigenvalue weighted by Crippen LogP contribution is -2.29. The molecule has 27 heavy (non-hydrogen) atoms. The summed E-state index contributed by atoms with van der Waals surface area (Å²) in [6, 6.07) is 17.9. The van der Waals surface area contributed by atoms with E-state index in [0.29, 0.717) is 18.3 Å². The average molecular weight is 363 g/mol. The van der Waals surface area contributed by atoms with E-state index in [-0.39, 0.29) is 5.91 Å². The number of para-hydroxylation sites is 1. The zero-order chi connectivity index (χ0) is 19.2. The number of ether oxygens (including phenoxy) is 1. The molecule has 140 valence electrons. The number of likely N-dealkylation sites (N-methyl/N-ethyl adjacent to an activating group) is 1. The molecule has 0 unspecified atom stereocenters. The first-order chi connectivity index (χ1) is 13.2. The molecule has 0 bridgehead atoms. The van der Waals surface area contributed by atoms with Crippen LogP contribution in [0.25, 0.3) is 6.08 Å². The second-order valence-corrected chi connectivity index (χ2v) is 6.15. The first-order valence-electron chi connectivity index (χ1n) is 9.36. The second kappa shape index (κ2) is 8.54. The molecule has 0 spiro atoms. The van der Waals surface area contributed by atoms with Crippen LogP contribution in [0.1, 0.15) is 26.3 Å². The third-order valence-corrected chi connectivity index (χ3v) is 4.50. The minimum atomic E-state index is -0.167. The average Bonchev–Trinajstić information content (AvgIpc) is 2.99. The van der Waals surface area contributed by atoms with Crippen molar-refractivity contribution in [3.8, 4) is 0 Å². The highest BCUT2D eigenvalue weighted by molar-refractivity contribution is 6.11. The Morgan fingerprint density at radius 3 is 2.26 bits per heavy atom. The summed E-state index contributed by atoms with van der Waals surface area (Å²) in [7, 11) is 0. The van der Waals surface area contributed by atoms with Crippen molar-refractivity contribution in [1.29, 1.82) is 0 Å². The molecular weight excluding hydrogens is 338 g/mol. The van der Waals surface area contributed by atoms with Crippen LogP contribution in [0.15, 0.2) is 65.3 Å². The maximum absolute atomic E-state index is 12.7. The van der Waals surface area contributed by atoms with E-state index >= 15 is 0 Å². The molecule has 1 saturated heterocycles. The number of hydrogen-bond donors (Lipinski definition) is 0. The van der Waals surface area contributed by atoms with Crippen LogP contribution >= 0.6 is 0 Å². The van der Waals surface area contributed by atoms with Crippen molar-refractivity contribution in [3.05, 3.63) is 65.9 Å². The monoisotopic (exact) mass is 363 g/mol. The van der Waals surface area contributed by atoms with Gasteiger partial charge in [-0.2, -0.15) is 4.99 Å². The van der Waals surface area contributed by atoms with Crippen molar-refractivity contribution < 1.29 is 9.53 Å². The van der Waals surface area contributed by atoms with Crippen molar-refractivity contribution in [2.45, 2.75) is 20.8 Å². The van der Waals surface area contributed by atoms with Crippen LogP contribution in [0.2, 0.25) is 0 Å². The number of nitrogens with zero attached hydrogens (tertiary/aromatic N) is 3. The number of amides is 1. The van der Waals surface area contributed by atoms with Gasteiger partial charge in [0.05, 0.1) is 5.69 Å². The Balaban J connectivity index is 1.84. The van der Waals surface area contributed by atoms with Gasteiger partial charge in [0.25, 0.3) is 5.91 Å². The Labute approximate surface area is 160 Å². The minimum Gasteiger partial charge on any atom is -0.419 e. The van der Waals surface area contributed by atoms with Crippen LogP contribution in [0, 0.1) is 0 Å². The summed E-state index contributed by atoms with van der Waals surface area (Å²) in [5.41, 5.74) is 2.84. The number of carbonyl (C=O) groups excluding carboxylic acids is 1. The molecule has 1 amide bonds. The number of carbonyl (C=O) groups is 1. The molecule has 1 fully saturated rings. The number of aliphatic imine (C=N–C) groups is 1. The van der Waals surface area contributed by atoms with Crippen LogP contribution in [-0.4, -0.2) is 36.5 Å². The lowest BCUT2D eigenvalue weighted by molar-refractivity contribution is -0.122. The summed E-state index contributed by atoms with van der Waals surface area (Å²) in [5, 5.41) is 0. The van der Waals surface area contributed by atoms with E-state index in [1.54, 1.807) is 11.0 Å². The van der Waals surface area contributed by atoms with Gasteiger partial charge in [0.15, 0.2) is 5.76 Å². The van der Waals surface area contributed by atoms with E-state index in [2.05, 4.69) is 35.9 Å². The maximum Gasteiger partial charge on any atom is 0.305 e. The van der Waals surface area contributed by atoms with E-state index in [1.165, 1.54) is 5.69 Å². The Morgan fingerprint density at radius 1 is 1.00 bits per heavy atom. The molecular formula is C22H25N3O2. The molecule has 3 rings (SSSR count). The molecule has 5 nitrogen and oxygen atoms in total. The smallest absolute Gasteiger partial charge is 0.305 e. The van der Waals surface area contributed by atoms with Crippen LogP contribution in [-0.2, 0) is 9.53 Å². The van der Waals surface area contributed by atoms with Crippen LogP contribution < -0.4 is 4.90 Å². The van der Waals surface area contributed by atoms with Crippen molar-refractivity contribution >= 4 is 29.4 Å². The largest absolute Gasteiger partial charge is 0.419 e. The third-order valence-electron chi connectivity index (χ3n) is 4.50. The van der Waals surface area contributed by atoms with Crippen molar-refractivity contribution in [2.24, 2.45) is 4.99 Å². The molecule has 0 atom stereocenters. The topological polar surface area (TPSA) is 45.1 Å². The van der Waals surface area contributed by atoms with E-state index in [9.17, 15) is 4.79 Å². The molecule has 2 aromatic rings. The predicted octanol–water partition coefficient (Wildman–Crippen LogP) is 4.44. The third kappa shape index (κ3) is 4.19. The molecule has 1 aliphatic heterocycles. The SMILES string of the molecule is CCN1C(=O)/C(=C\c2ccc(N(CC)CC)cc2)OC1=Nc1ccccc1. The van der Waals surface area contributed by atoms with Gasteiger partial charge in [-0.25, -0.2) is 0 Å². The van der Waals surface area contributed by atoms with Gasteiger partial charge in [-0.15, -0.1) is 0 Å². The van der Waals surface area contributed by atoms with E-state index in [0.717, 1.165) is 24.3 Å². The Morgan fingerprint density at radius 2 is 1.67 bits per heavy atom. The highest BCUT2D eigenvalue weighted by Crippen LogP contribution is 2.23. The molecule has 0 saturated carbocycles. The summed E-state index contributed by atoms with van der Waals surface area (Å²) in [6.45, 7) is 8.60. The normalized spacial score (nSPS) is 16.9. The van der Waals surface area contributed by atoms with Crippen molar-refractivity contribution in [2.75, 3.05) is 24.5 Å². The first-order valence-corrected chi connectivity index (χ1v) is 9.36. The molecule has 1 aliphatic rings. The zero-order valence-corrected chi connectivity index (χ0v) is 16.1. The first kappa shape index (κ1) is 18.7.